The van der Waals surface area contributed by atoms with Crippen molar-refractivity contribution in [2.75, 3.05) is 19.7 Å². The molecule has 1 aromatic carbocycles. The minimum absolute atomic E-state index is 0.106. The van der Waals surface area contributed by atoms with Gasteiger partial charge in [0.2, 0.25) is 10.0 Å². The van der Waals surface area contributed by atoms with Crippen molar-refractivity contribution < 1.29 is 17.9 Å². The maximum Gasteiger partial charge on any atom is 0.251 e. The molecule has 0 bridgehead atoms. The summed E-state index contributed by atoms with van der Waals surface area (Å²) in [6.07, 6.45) is 10.5. The maximum absolute atomic E-state index is 13.4. The first-order chi connectivity index (χ1) is 14.0. The Morgan fingerprint density at radius 1 is 1.03 bits per heavy atom. The van der Waals surface area contributed by atoms with Crippen molar-refractivity contribution in [3.63, 3.8) is 0 Å². The topological polar surface area (TPSA) is 75.7 Å². The summed E-state index contributed by atoms with van der Waals surface area (Å²) >= 11 is 0. The van der Waals surface area contributed by atoms with Crippen molar-refractivity contribution in [1.29, 1.82) is 0 Å². The molecule has 3 rings (SSSR count). The van der Waals surface area contributed by atoms with Crippen molar-refractivity contribution in [2.45, 2.75) is 82.1 Å². The number of carbonyl (C=O) groups is 1. The van der Waals surface area contributed by atoms with Crippen LogP contribution in [0.5, 0.6) is 5.75 Å². The van der Waals surface area contributed by atoms with Crippen molar-refractivity contribution >= 4 is 15.9 Å². The van der Waals surface area contributed by atoms with Gasteiger partial charge in [0.1, 0.15) is 10.6 Å². The Morgan fingerprint density at radius 3 is 2.28 bits per heavy atom. The molecular formula is C22H34N2O4S. The number of benzene rings is 1. The van der Waals surface area contributed by atoms with E-state index in [0.717, 1.165) is 51.4 Å². The molecule has 1 aromatic rings. The van der Waals surface area contributed by atoms with Gasteiger partial charge in [-0.3, -0.25) is 4.79 Å². The molecule has 1 aliphatic carbocycles. The lowest BCUT2D eigenvalue weighted by Crippen LogP contribution is -2.35. The molecule has 1 saturated carbocycles. The fraction of sp³-hybridized carbons (Fsp3) is 0.682. The first-order valence-electron chi connectivity index (χ1n) is 11.1. The molecule has 162 valence electrons. The van der Waals surface area contributed by atoms with Gasteiger partial charge in [-0.15, -0.1) is 0 Å². The third-order valence-electron chi connectivity index (χ3n) is 5.88. The quantitative estimate of drug-likeness (QED) is 0.700. The smallest absolute Gasteiger partial charge is 0.251 e. The minimum Gasteiger partial charge on any atom is -0.492 e. The van der Waals surface area contributed by atoms with E-state index < -0.39 is 10.0 Å². The van der Waals surface area contributed by atoms with E-state index in [0.29, 0.717) is 31.0 Å². The Morgan fingerprint density at radius 2 is 1.66 bits per heavy atom. The van der Waals surface area contributed by atoms with Crippen LogP contribution in [0.15, 0.2) is 23.1 Å². The van der Waals surface area contributed by atoms with Crippen LogP contribution >= 0.6 is 0 Å². The molecule has 0 radical (unpaired) electrons. The number of rotatable bonds is 6. The fourth-order valence-corrected chi connectivity index (χ4v) is 5.91. The molecule has 7 heteroatoms. The van der Waals surface area contributed by atoms with E-state index in [1.807, 2.05) is 6.92 Å². The zero-order valence-corrected chi connectivity index (χ0v) is 18.3. The molecule has 0 atom stereocenters. The summed E-state index contributed by atoms with van der Waals surface area (Å²) in [6.45, 7) is 3.24. The molecule has 2 aliphatic rings. The predicted octanol–water partition coefficient (Wildman–Crippen LogP) is 4.10. The van der Waals surface area contributed by atoms with Crippen molar-refractivity contribution in [1.82, 2.24) is 9.62 Å². The molecular weight excluding hydrogens is 388 g/mol. The fourth-order valence-electron chi connectivity index (χ4n) is 4.24. The second-order valence-corrected chi connectivity index (χ2v) is 9.98. The number of sulfonamides is 1. The largest absolute Gasteiger partial charge is 0.492 e. The average Bonchev–Trinajstić information content (AvgIpc) is 3.14. The predicted molar refractivity (Wildman–Crippen MR) is 114 cm³/mol. The lowest BCUT2D eigenvalue weighted by atomic mass is 10.1. The summed E-state index contributed by atoms with van der Waals surface area (Å²) in [7, 11) is -3.70. The van der Waals surface area contributed by atoms with Crippen LogP contribution < -0.4 is 10.1 Å². The second kappa shape index (κ2) is 10.4. The number of amides is 1. The van der Waals surface area contributed by atoms with Gasteiger partial charge in [0.15, 0.2) is 0 Å². The summed E-state index contributed by atoms with van der Waals surface area (Å²) < 4.78 is 33.9. The van der Waals surface area contributed by atoms with Crippen LogP contribution in [0, 0.1) is 0 Å². The van der Waals surface area contributed by atoms with Gasteiger partial charge in [-0.2, -0.15) is 4.31 Å². The first-order valence-corrected chi connectivity index (χ1v) is 12.5. The number of nitrogens with one attached hydrogen (secondary N) is 1. The number of nitrogens with zero attached hydrogens (tertiary/aromatic N) is 1. The van der Waals surface area contributed by atoms with Crippen molar-refractivity contribution in [3.05, 3.63) is 23.8 Å². The van der Waals surface area contributed by atoms with Crippen molar-refractivity contribution in [2.24, 2.45) is 0 Å². The van der Waals surface area contributed by atoms with E-state index >= 15 is 0 Å². The number of ether oxygens (including phenoxy) is 1. The second-order valence-electron chi connectivity index (χ2n) is 8.07. The highest BCUT2D eigenvalue weighted by molar-refractivity contribution is 7.89. The number of hydrogen-bond donors (Lipinski definition) is 1. The Labute approximate surface area is 175 Å². The summed E-state index contributed by atoms with van der Waals surface area (Å²) in [5, 5.41) is 3.11. The number of carbonyl (C=O) groups excluding carboxylic acids is 1. The molecule has 29 heavy (non-hydrogen) atoms. The van der Waals surface area contributed by atoms with Gasteiger partial charge in [-0.25, -0.2) is 8.42 Å². The lowest BCUT2D eigenvalue weighted by molar-refractivity contribution is 0.0933. The molecule has 1 N–H and O–H groups in total. The first kappa shape index (κ1) is 22.1. The standard InChI is InChI=1S/C22H34N2O4S/c1-2-28-20-14-13-18(22(25)23-19-11-7-3-4-8-12-19)17-21(20)29(26,27)24-15-9-5-6-10-16-24/h13-14,17,19H,2-12,15-16H2,1H3,(H,23,25). The summed E-state index contributed by atoms with van der Waals surface area (Å²) in [5.41, 5.74) is 0.381. The van der Waals surface area contributed by atoms with Crippen LogP contribution in [-0.2, 0) is 10.0 Å². The normalized spacial score (nSPS) is 19.9. The zero-order valence-electron chi connectivity index (χ0n) is 17.5. The van der Waals surface area contributed by atoms with Crippen LogP contribution in [0.2, 0.25) is 0 Å². The van der Waals surface area contributed by atoms with E-state index in [2.05, 4.69) is 5.32 Å². The Balaban J connectivity index is 1.85. The molecule has 0 spiro atoms. The summed E-state index contributed by atoms with van der Waals surface area (Å²) in [5.74, 6) is 0.120. The highest BCUT2D eigenvalue weighted by atomic mass is 32.2. The third kappa shape index (κ3) is 5.72. The Kier molecular flexibility index (Phi) is 7.95. The molecule has 1 aliphatic heterocycles. The van der Waals surface area contributed by atoms with E-state index in [9.17, 15) is 13.2 Å². The SMILES string of the molecule is CCOc1ccc(C(=O)NC2CCCCCC2)cc1S(=O)(=O)N1CCCCCC1. The van der Waals surface area contributed by atoms with Gasteiger partial charge >= 0.3 is 0 Å². The average molecular weight is 423 g/mol. The molecule has 1 heterocycles. The Bertz CT molecular complexity index is 778. The summed E-state index contributed by atoms with van der Waals surface area (Å²) in [4.78, 5) is 13.0. The number of hydrogen-bond acceptors (Lipinski definition) is 4. The maximum atomic E-state index is 13.4. The van der Waals surface area contributed by atoms with Crippen LogP contribution in [0.4, 0.5) is 0 Å². The van der Waals surface area contributed by atoms with Crippen LogP contribution in [0.25, 0.3) is 0 Å². The highest BCUT2D eigenvalue weighted by Gasteiger charge is 2.29. The lowest BCUT2D eigenvalue weighted by Gasteiger charge is -2.22. The van der Waals surface area contributed by atoms with E-state index in [-0.39, 0.29) is 16.8 Å². The van der Waals surface area contributed by atoms with Crippen LogP contribution in [0.3, 0.4) is 0 Å². The van der Waals surface area contributed by atoms with Gasteiger partial charge in [-0.1, -0.05) is 38.5 Å². The van der Waals surface area contributed by atoms with Gasteiger partial charge in [-0.05, 0) is 50.8 Å². The minimum atomic E-state index is -3.70. The highest BCUT2D eigenvalue weighted by Crippen LogP contribution is 2.30. The molecule has 2 fully saturated rings. The molecule has 0 unspecified atom stereocenters. The van der Waals surface area contributed by atoms with E-state index in [1.54, 1.807) is 16.4 Å². The van der Waals surface area contributed by atoms with Gasteiger partial charge in [0.25, 0.3) is 5.91 Å². The summed E-state index contributed by atoms with van der Waals surface area (Å²) in [6, 6.07) is 4.95. The molecule has 0 aromatic heterocycles. The van der Waals surface area contributed by atoms with Gasteiger partial charge in [0.05, 0.1) is 6.61 Å². The van der Waals surface area contributed by atoms with Crippen LogP contribution in [0.1, 0.15) is 81.5 Å². The van der Waals surface area contributed by atoms with E-state index in [1.165, 1.54) is 18.9 Å². The van der Waals surface area contributed by atoms with E-state index in [4.69, 9.17) is 4.74 Å². The van der Waals surface area contributed by atoms with Gasteiger partial charge in [0, 0.05) is 24.7 Å². The monoisotopic (exact) mass is 422 g/mol. The third-order valence-corrected chi connectivity index (χ3v) is 7.80. The van der Waals surface area contributed by atoms with Crippen molar-refractivity contribution in [3.8, 4) is 5.75 Å². The Hall–Kier alpha value is -1.60. The van der Waals surface area contributed by atoms with Gasteiger partial charge < -0.3 is 10.1 Å². The molecule has 1 amide bonds. The zero-order chi connectivity index (χ0) is 20.7. The molecule has 6 nitrogen and oxygen atoms in total. The molecule has 1 saturated heterocycles. The van der Waals surface area contributed by atoms with Crippen LogP contribution in [-0.4, -0.2) is 44.4 Å².